The van der Waals surface area contributed by atoms with Crippen LogP contribution in [0.3, 0.4) is 0 Å². The van der Waals surface area contributed by atoms with Gasteiger partial charge >= 0.3 is 11.9 Å². The second-order valence-corrected chi connectivity index (χ2v) is 9.72. The molecule has 0 aliphatic carbocycles. The molecule has 6 heteroatoms. The molecule has 36 heavy (non-hydrogen) atoms. The second-order valence-electron chi connectivity index (χ2n) is 9.72. The largest absolute Gasteiger partial charge is 0.491 e. The maximum Gasteiger partial charge on any atom is 0.314 e. The number of carbonyl (C=O) groups excluding carboxylic acids is 1. The highest BCUT2D eigenvalue weighted by Gasteiger charge is 2.51. The van der Waals surface area contributed by atoms with Crippen LogP contribution in [0.2, 0.25) is 0 Å². The summed E-state index contributed by atoms with van der Waals surface area (Å²) in [4.78, 5) is 25.2. The van der Waals surface area contributed by atoms with Crippen molar-refractivity contribution in [1.29, 1.82) is 0 Å². The van der Waals surface area contributed by atoms with Gasteiger partial charge < -0.3 is 14.6 Å². The van der Waals surface area contributed by atoms with E-state index in [0.29, 0.717) is 36.1 Å². The Morgan fingerprint density at radius 2 is 1.75 bits per heavy atom. The minimum absolute atomic E-state index is 0.148. The Balaban J connectivity index is 1.78. The van der Waals surface area contributed by atoms with Crippen LogP contribution in [0.15, 0.2) is 42.5 Å². The lowest BCUT2D eigenvalue weighted by molar-refractivity contribution is -0.188. The monoisotopic (exact) mass is 498 g/mol. The first-order chi connectivity index (χ1) is 17.4. The molecular formula is C30H39FO5. The molecule has 1 N–H and O–H groups in total. The fraction of sp³-hybridized carbons (Fsp3) is 0.533. The average molecular weight is 499 g/mol. The summed E-state index contributed by atoms with van der Waals surface area (Å²) in [6, 6.07) is 12.1. The molecule has 1 fully saturated rings. The Bertz CT molecular complexity index is 1030. The van der Waals surface area contributed by atoms with E-state index in [2.05, 4.69) is 6.92 Å². The highest BCUT2D eigenvalue weighted by molar-refractivity contribution is 5.86. The number of cyclic esters (lactones) is 1. The van der Waals surface area contributed by atoms with Crippen molar-refractivity contribution in [3.8, 4) is 16.9 Å². The number of aliphatic carboxylic acids is 1. The van der Waals surface area contributed by atoms with Crippen molar-refractivity contribution in [3.63, 3.8) is 0 Å². The van der Waals surface area contributed by atoms with Crippen LogP contribution >= 0.6 is 0 Å². The van der Waals surface area contributed by atoms with E-state index in [4.69, 9.17) is 9.47 Å². The summed E-state index contributed by atoms with van der Waals surface area (Å²) in [6.07, 6.45) is 7.81. The summed E-state index contributed by atoms with van der Waals surface area (Å²) in [5, 5.41) is 9.93. The van der Waals surface area contributed by atoms with Crippen LogP contribution in [0.5, 0.6) is 5.75 Å². The van der Waals surface area contributed by atoms with Gasteiger partial charge in [0.2, 0.25) is 0 Å². The van der Waals surface area contributed by atoms with E-state index in [0.717, 1.165) is 12.8 Å². The van der Waals surface area contributed by atoms with Gasteiger partial charge in [-0.15, -0.1) is 0 Å². The van der Waals surface area contributed by atoms with Crippen molar-refractivity contribution in [2.24, 2.45) is 5.92 Å². The fourth-order valence-corrected chi connectivity index (χ4v) is 5.27. The smallest absolute Gasteiger partial charge is 0.314 e. The number of halogens is 1. The first-order valence-corrected chi connectivity index (χ1v) is 13.3. The molecule has 1 aliphatic heterocycles. The Labute approximate surface area is 214 Å². The Hall–Kier alpha value is -2.89. The van der Waals surface area contributed by atoms with Gasteiger partial charge in [-0.2, -0.15) is 0 Å². The minimum Gasteiger partial charge on any atom is -0.491 e. The van der Waals surface area contributed by atoms with Crippen LogP contribution < -0.4 is 4.74 Å². The van der Waals surface area contributed by atoms with E-state index in [9.17, 15) is 19.1 Å². The fourth-order valence-electron chi connectivity index (χ4n) is 5.27. The van der Waals surface area contributed by atoms with Gasteiger partial charge in [0.1, 0.15) is 5.60 Å². The first kappa shape index (κ1) is 27.7. The molecule has 2 aromatic carbocycles. The second kappa shape index (κ2) is 12.9. The number of carbonyl (C=O) groups is 2. The van der Waals surface area contributed by atoms with Crippen molar-refractivity contribution in [3.05, 3.63) is 53.8 Å². The maximum absolute atomic E-state index is 14.9. The quantitative estimate of drug-likeness (QED) is 0.228. The molecule has 2 atom stereocenters. The third-order valence-corrected chi connectivity index (χ3v) is 7.52. The summed E-state index contributed by atoms with van der Waals surface area (Å²) >= 11 is 0. The molecule has 5 nitrogen and oxygen atoms in total. The Morgan fingerprint density at radius 3 is 2.42 bits per heavy atom. The first-order valence-electron chi connectivity index (χ1n) is 13.3. The van der Waals surface area contributed by atoms with Crippen molar-refractivity contribution < 1.29 is 28.6 Å². The molecule has 196 valence electrons. The lowest BCUT2D eigenvalue weighted by Gasteiger charge is -2.43. The van der Waals surface area contributed by atoms with Gasteiger partial charge in [0.15, 0.2) is 11.6 Å². The number of carboxylic acids is 1. The summed E-state index contributed by atoms with van der Waals surface area (Å²) in [5.74, 6) is -3.19. The molecule has 2 aromatic rings. The van der Waals surface area contributed by atoms with Gasteiger partial charge in [0.05, 0.1) is 18.4 Å². The number of esters is 1. The summed E-state index contributed by atoms with van der Waals surface area (Å²) in [5.41, 5.74) is 0.938. The lowest BCUT2D eigenvalue weighted by Crippen LogP contribution is -2.51. The Morgan fingerprint density at radius 1 is 1.06 bits per heavy atom. The molecular weight excluding hydrogens is 459 g/mol. The molecule has 0 spiro atoms. The van der Waals surface area contributed by atoms with Crippen LogP contribution in [0.25, 0.3) is 11.1 Å². The van der Waals surface area contributed by atoms with Crippen molar-refractivity contribution in [2.75, 3.05) is 6.61 Å². The van der Waals surface area contributed by atoms with Crippen LogP contribution in [-0.2, 0) is 14.3 Å². The van der Waals surface area contributed by atoms with Crippen molar-refractivity contribution in [1.82, 2.24) is 0 Å². The molecule has 0 aromatic heterocycles. The zero-order chi connectivity index (χ0) is 26.1. The number of rotatable bonds is 13. The third kappa shape index (κ3) is 6.26. The van der Waals surface area contributed by atoms with Gasteiger partial charge in [-0.1, -0.05) is 83.2 Å². The number of benzene rings is 2. The molecule has 1 heterocycles. The number of unbranched alkanes of at least 4 members (excludes halogenated alkanes) is 5. The molecule has 0 bridgehead atoms. The number of hydrogen-bond donors (Lipinski definition) is 1. The SMILES string of the molecule is CCCCCCCCOc1ccc(-c2ccccc2C2C[C@@H](C(=O)O)C(CC)(CC)OC2=O)cc1F. The molecule has 1 aliphatic rings. The van der Waals surface area contributed by atoms with E-state index in [-0.39, 0.29) is 12.2 Å². The molecule has 0 amide bonds. The highest BCUT2D eigenvalue weighted by atomic mass is 19.1. The lowest BCUT2D eigenvalue weighted by atomic mass is 9.72. The van der Waals surface area contributed by atoms with Crippen LogP contribution in [0, 0.1) is 11.7 Å². The minimum atomic E-state index is -1.00. The molecule has 0 radical (unpaired) electrons. The number of hydrogen-bond acceptors (Lipinski definition) is 4. The summed E-state index contributed by atoms with van der Waals surface area (Å²) in [6.45, 7) is 6.35. The normalized spacial score (nSPS) is 19.1. The number of ether oxygens (including phenoxy) is 2. The third-order valence-electron chi connectivity index (χ3n) is 7.52. The molecule has 1 unspecified atom stereocenters. The van der Waals surface area contributed by atoms with Crippen LogP contribution in [0.1, 0.15) is 90.0 Å². The van der Waals surface area contributed by atoms with Crippen LogP contribution in [0.4, 0.5) is 4.39 Å². The summed E-state index contributed by atoms with van der Waals surface area (Å²) < 4.78 is 26.4. The average Bonchev–Trinajstić information content (AvgIpc) is 2.88. The molecule has 3 rings (SSSR count). The van der Waals surface area contributed by atoms with Crippen molar-refractivity contribution >= 4 is 11.9 Å². The van der Waals surface area contributed by atoms with E-state index in [1.165, 1.54) is 31.7 Å². The molecule has 1 saturated heterocycles. The van der Waals surface area contributed by atoms with Crippen molar-refractivity contribution in [2.45, 2.75) is 90.1 Å². The topological polar surface area (TPSA) is 72.8 Å². The van der Waals surface area contributed by atoms with Gasteiger partial charge in [-0.05, 0) is 54.5 Å². The zero-order valence-corrected chi connectivity index (χ0v) is 21.7. The molecule has 0 saturated carbocycles. The van der Waals surface area contributed by atoms with E-state index < -0.39 is 35.2 Å². The van der Waals surface area contributed by atoms with Gasteiger partial charge in [-0.25, -0.2) is 4.39 Å². The Kier molecular flexibility index (Phi) is 9.91. The number of carboxylic acid groups (broad SMARTS) is 1. The zero-order valence-electron chi connectivity index (χ0n) is 21.7. The van der Waals surface area contributed by atoms with Gasteiger partial charge in [-0.3, -0.25) is 9.59 Å². The van der Waals surface area contributed by atoms with Crippen LogP contribution in [-0.4, -0.2) is 29.3 Å². The maximum atomic E-state index is 14.9. The van der Waals surface area contributed by atoms with E-state index >= 15 is 0 Å². The van der Waals surface area contributed by atoms with Gasteiger partial charge in [0.25, 0.3) is 0 Å². The van der Waals surface area contributed by atoms with E-state index in [1.807, 2.05) is 26.0 Å². The van der Waals surface area contributed by atoms with E-state index in [1.54, 1.807) is 24.3 Å². The van der Waals surface area contributed by atoms with Gasteiger partial charge in [0, 0.05) is 0 Å². The predicted octanol–water partition coefficient (Wildman–Crippen LogP) is 7.52. The summed E-state index contributed by atoms with van der Waals surface area (Å²) in [7, 11) is 0. The highest BCUT2D eigenvalue weighted by Crippen LogP contribution is 2.45. The standard InChI is InChI=1S/C30H39FO5/c1-4-7-8-9-10-13-18-35-27-17-16-21(19-26(27)31)22-14-11-12-15-23(22)24-20-25(28(32)33)30(5-2,6-3)36-29(24)34/h11-12,14-17,19,24-25H,4-10,13,18,20H2,1-3H3,(H,32,33)/t24?,25-/m0/s1. The predicted molar refractivity (Wildman–Crippen MR) is 139 cm³/mol.